The Labute approximate surface area is 132 Å². The van der Waals surface area contributed by atoms with Crippen LogP contribution in [0.5, 0.6) is 11.5 Å². The number of aryl methyl sites for hydroxylation is 1. The molecule has 0 radical (unpaired) electrons. The lowest BCUT2D eigenvalue weighted by Gasteiger charge is -2.29. The Morgan fingerprint density at radius 1 is 1.14 bits per heavy atom. The Kier molecular flexibility index (Phi) is 4.34. The molecule has 0 saturated carbocycles. The Hall–Kier alpha value is -2.00. The molecular weight excluding hydrogens is 274 g/mol. The normalized spacial score (nSPS) is 17.0. The van der Waals surface area contributed by atoms with Gasteiger partial charge in [-0.3, -0.25) is 0 Å². The summed E-state index contributed by atoms with van der Waals surface area (Å²) < 4.78 is 11.2. The molecule has 1 unspecified atom stereocenters. The van der Waals surface area contributed by atoms with Gasteiger partial charge in [0.25, 0.3) is 0 Å². The van der Waals surface area contributed by atoms with Gasteiger partial charge in [0, 0.05) is 6.54 Å². The standard InChI is InChI=1S/C19H23NO2/c1-4-22-18-12-16-14(11-17(18)21-3)9-10-20-19(16)15-8-6-5-7-13(15)2/h5-8,11-12,19-20H,4,9-10H2,1-3H3. The molecule has 1 heterocycles. The van der Waals surface area contributed by atoms with Crippen LogP contribution in [0.3, 0.4) is 0 Å². The molecule has 3 heteroatoms. The van der Waals surface area contributed by atoms with Gasteiger partial charge in [-0.1, -0.05) is 24.3 Å². The highest BCUT2D eigenvalue weighted by molar-refractivity contribution is 5.52. The van der Waals surface area contributed by atoms with E-state index < -0.39 is 0 Å². The number of hydrogen-bond acceptors (Lipinski definition) is 3. The lowest BCUT2D eigenvalue weighted by molar-refractivity contribution is 0.309. The Bertz CT molecular complexity index is 666. The van der Waals surface area contributed by atoms with Crippen molar-refractivity contribution in [1.82, 2.24) is 5.32 Å². The predicted molar refractivity (Wildman–Crippen MR) is 88.9 cm³/mol. The molecule has 1 aliphatic heterocycles. The summed E-state index contributed by atoms with van der Waals surface area (Å²) in [6, 6.07) is 13.0. The van der Waals surface area contributed by atoms with Crippen LogP contribution in [0, 0.1) is 6.92 Å². The molecule has 0 spiro atoms. The van der Waals surface area contributed by atoms with E-state index in [0.29, 0.717) is 6.61 Å². The van der Waals surface area contributed by atoms with Crippen LogP contribution in [0.2, 0.25) is 0 Å². The summed E-state index contributed by atoms with van der Waals surface area (Å²) in [5, 5.41) is 3.64. The number of ether oxygens (including phenoxy) is 2. The smallest absolute Gasteiger partial charge is 0.161 e. The average molecular weight is 297 g/mol. The molecule has 1 N–H and O–H groups in total. The highest BCUT2D eigenvalue weighted by Crippen LogP contribution is 2.38. The molecule has 3 nitrogen and oxygen atoms in total. The van der Waals surface area contributed by atoms with Crippen molar-refractivity contribution in [3.05, 3.63) is 58.7 Å². The second-order valence-electron chi connectivity index (χ2n) is 5.63. The van der Waals surface area contributed by atoms with E-state index >= 15 is 0 Å². The lowest BCUT2D eigenvalue weighted by Crippen LogP contribution is -2.31. The van der Waals surface area contributed by atoms with E-state index in [1.807, 2.05) is 6.92 Å². The van der Waals surface area contributed by atoms with Gasteiger partial charge < -0.3 is 14.8 Å². The molecule has 0 saturated heterocycles. The van der Waals surface area contributed by atoms with E-state index in [1.54, 1.807) is 7.11 Å². The topological polar surface area (TPSA) is 30.5 Å². The van der Waals surface area contributed by atoms with E-state index in [9.17, 15) is 0 Å². The first-order valence-electron chi connectivity index (χ1n) is 7.87. The van der Waals surface area contributed by atoms with Crippen LogP contribution >= 0.6 is 0 Å². The first-order chi connectivity index (χ1) is 10.7. The molecule has 0 amide bonds. The maximum absolute atomic E-state index is 5.76. The zero-order valence-corrected chi connectivity index (χ0v) is 13.5. The van der Waals surface area contributed by atoms with E-state index in [-0.39, 0.29) is 6.04 Å². The number of methoxy groups -OCH3 is 1. The van der Waals surface area contributed by atoms with Crippen molar-refractivity contribution in [2.75, 3.05) is 20.3 Å². The van der Waals surface area contributed by atoms with Crippen molar-refractivity contribution >= 4 is 0 Å². The fraction of sp³-hybridized carbons (Fsp3) is 0.368. The van der Waals surface area contributed by atoms with Crippen LogP contribution < -0.4 is 14.8 Å². The van der Waals surface area contributed by atoms with E-state index in [2.05, 4.69) is 48.6 Å². The van der Waals surface area contributed by atoms with Gasteiger partial charge in [-0.05, 0) is 54.7 Å². The largest absolute Gasteiger partial charge is 0.493 e. The third-order valence-electron chi connectivity index (χ3n) is 4.28. The Balaban J connectivity index is 2.09. The minimum absolute atomic E-state index is 0.218. The number of rotatable bonds is 4. The van der Waals surface area contributed by atoms with Crippen LogP contribution in [-0.2, 0) is 6.42 Å². The quantitative estimate of drug-likeness (QED) is 0.934. The Morgan fingerprint density at radius 2 is 1.95 bits per heavy atom. The van der Waals surface area contributed by atoms with Crippen LogP contribution in [0.15, 0.2) is 36.4 Å². The number of fused-ring (bicyclic) bond motifs is 1. The van der Waals surface area contributed by atoms with E-state index in [1.165, 1.54) is 22.3 Å². The van der Waals surface area contributed by atoms with Gasteiger partial charge in [0.2, 0.25) is 0 Å². The molecule has 22 heavy (non-hydrogen) atoms. The van der Waals surface area contributed by atoms with Crippen molar-refractivity contribution in [2.24, 2.45) is 0 Å². The molecular formula is C19H23NO2. The summed E-state index contributed by atoms with van der Waals surface area (Å²) >= 11 is 0. The lowest BCUT2D eigenvalue weighted by atomic mass is 9.87. The zero-order valence-electron chi connectivity index (χ0n) is 13.5. The molecule has 2 aromatic carbocycles. The number of hydrogen-bond donors (Lipinski definition) is 1. The van der Waals surface area contributed by atoms with Gasteiger partial charge in [-0.25, -0.2) is 0 Å². The first-order valence-corrected chi connectivity index (χ1v) is 7.87. The summed E-state index contributed by atoms with van der Waals surface area (Å²) in [5.74, 6) is 1.65. The predicted octanol–water partition coefficient (Wildman–Crippen LogP) is 3.64. The third kappa shape index (κ3) is 2.69. The van der Waals surface area contributed by atoms with Gasteiger partial charge in [-0.15, -0.1) is 0 Å². The van der Waals surface area contributed by atoms with Crippen molar-refractivity contribution in [3.8, 4) is 11.5 Å². The first kappa shape index (κ1) is 14.9. The van der Waals surface area contributed by atoms with Crippen molar-refractivity contribution in [1.29, 1.82) is 0 Å². The van der Waals surface area contributed by atoms with Gasteiger partial charge in [0.05, 0.1) is 19.8 Å². The number of nitrogens with one attached hydrogen (secondary N) is 1. The highest BCUT2D eigenvalue weighted by Gasteiger charge is 2.24. The van der Waals surface area contributed by atoms with E-state index in [4.69, 9.17) is 9.47 Å². The van der Waals surface area contributed by atoms with Crippen LogP contribution in [0.25, 0.3) is 0 Å². The van der Waals surface area contributed by atoms with Crippen molar-refractivity contribution < 1.29 is 9.47 Å². The molecule has 2 aromatic rings. The van der Waals surface area contributed by atoms with Gasteiger partial charge in [0.15, 0.2) is 11.5 Å². The third-order valence-corrected chi connectivity index (χ3v) is 4.28. The summed E-state index contributed by atoms with van der Waals surface area (Å²) in [7, 11) is 1.70. The fourth-order valence-electron chi connectivity index (χ4n) is 3.18. The van der Waals surface area contributed by atoms with Crippen molar-refractivity contribution in [3.63, 3.8) is 0 Å². The zero-order chi connectivity index (χ0) is 15.5. The summed E-state index contributed by atoms with van der Waals surface area (Å²) in [6.07, 6.45) is 1.01. The molecule has 116 valence electrons. The van der Waals surface area contributed by atoms with Crippen LogP contribution in [0.4, 0.5) is 0 Å². The molecule has 0 bridgehead atoms. The van der Waals surface area contributed by atoms with Gasteiger partial charge >= 0.3 is 0 Å². The van der Waals surface area contributed by atoms with Crippen molar-refractivity contribution in [2.45, 2.75) is 26.3 Å². The van der Waals surface area contributed by atoms with E-state index in [0.717, 1.165) is 24.5 Å². The average Bonchev–Trinajstić information content (AvgIpc) is 2.54. The molecule has 0 aromatic heterocycles. The van der Waals surface area contributed by atoms with Crippen LogP contribution in [-0.4, -0.2) is 20.3 Å². The molecule has 3 rings (SSSR count). The minimum Gasteiger partial charge on any atom is -0.493 e. The minimum atomic E-state index is 0.218. The van der Waals surface area contributed by atoms with Gasteiger partial charge in [-0.2, -0.15) is 0 Å². The maximum Gasteiger partial charge on any atom is 0.161 e. The summed E-state index contributed by atoms with van der Waals surface area (Å²) in [6.45, 7) is 5.77. The second-order valence-corrected chi connectivity index (χ2v) is 5.63. The highest BCUT2D eigenvalue weighted by atomic mass is 16.5. The summed E-state index contributed by atoms with van der Waals surface area (Å²) in [5.41, 5.74) is 5.27. The molecule has 1 atom stereocenters. The van der Waals surface area contributed by atoms with Gasteiger partial charge in [0.1, 0.15) is 0 Å². The summed E-state index contributed by atoms with van der Waals surface area (Å²) in [4.78, 5) is 0. The molecule has 0 fully saturated rings. The Morgan fingerprint density at radius 3 is 2.68 bits per heavy atom. The maximum atomic E-state index is 5.76. The molecule has 1 aliphatic rings. The molecule has 0 aliphatic carbocycles. The SMILES string of the molecule is CCOc1cc2c(cc1OC)CCNC2c1ccccc1C. The fourth-order valence-corrected chi connectivity index (χ4v) is 3.18. The second kappa shape index (κ2) is 6.41. The monoisotopic (exact) mass is 297 g/mol. The number of benzene rings is 2. The van der Waals surface area contributed by atoms with Crippen LogP contribution in [0.1, 0.15) is 35.2 Å².